The summed E-state index contributed by atoms with van der Waals surface area (Å²) in [5.41, 5.74) is 0.794. The second-order valence-corrected chi connectivity index (χ2v) is 7.53. The van der Waals surface area contributed by atoms with Gasteiger partial charge in [0.25, 0.3) is 0 Å². The van der Waals surface area contributed by atoms with E-state index < -0.39 is 23.5 Å². The number of furan rings is 1. The van der Waals surface area contributed by atoms with E-state index in [1.165, 1.54) is 26.4 Å². The van der Waals surface area contributed by atoms with Gasteiger partial charge in [-0.15, -0.1) is 0 Å². The average molecular weight is 480 g/mol. The third-order valence-electron chi connectivity index (χ3n) is 5.35. The average Bonchev–Trinajstić information content (AvgIpc) is 3.25. The van der Waals surface area contributed by atoms with Gasteiger partial charge in [-0.05, 0) is 35.9 Å². The van der Waals surface area contributed by atoms with E-state index in [1.54, 1.807) is 42.5 Å². The van der Waals surface area contributed by atoms with Gasteiger partial charge in [0.15, 0.2) is 17.1 Å². The standard InChI is InChI=1S/C27H19F3O5/c1-33-21-15-16(8-13-22(31)34-2)14-20-23(25(35-26(20)21)18-6-4-3-5-7-18)24(32)17-9-11-19(12-10-17)27(28,29)30/h3-15H,1-2H3/b13-8+. The van der Waals surface area contributed by atoms with Crippen LogP contribution in [0, 0.1) is 0 Å². The highest BCUT2D eigenvalue weighted by Crippen LogP contribution is 2.40. The zero-order chi connectivity index (χ0) is 25.2. The lowest BCUT2D eigenvalue weighted by atomic mass is 9.96. The molecule has 0 saturated heterocycles. The summed E-state index contributed by atoms with van der Waals surface area (Å²) >= 11 is 0. The SMILES string of the molecule is COC(=O)/C=C/c1cc(OC)c2oc(-c3ccccc3)c(C(=O)c3ccc(C(F)(F)F)cc3)c2c1. The van der Waals surface area contributed by atoms with E-state index in [9.17, 15) is 22.8 Å². The van der Waals surface area contributed by atoms with E-state index in [2.05, 4.69) is 4.74 Å². The van der Waals surface area contributed by atoms with E-state index in [-0.39, 0.29) is 22.5 Å². The lowest BCUT2D eigenvalue weighted by Gasteiger charge is -2.08. The zero-order valence-electron chi connectivity index (χ0n) is 18.7. The van der Waals surface area contributed by atoms with Crippen LogP contribution in [0.15, 0.2) is 77.2 Å². The number of carbonyl (C=O) groups is 2. The molecule has 5 nitrogen and oxygen atoms in total. The van der Waals surface area contributed by atoms with Gasteiger partial charge in [-0.3, -0.25) is 4.79 Å². The molecule has 178 valence electrons. The van der Waals surface area contributed by atoms with Crippen molar-refractivity contribution in [3.63, 3.8) is 0 Å². The van der Waals surface area contributed by atoms with Crippen molar-refractivity contribution in [1.82, 2.24) is 0 Å². The van der Waals surface area contributed by atoms with Crippen LogP contribution in [-0.2, 0) is 15.7 Å². The van der Waals surface area contributed by atoms with Crippen LogP contribution in [0.5, 0.6) is 5.75 Å². The number of rotatable bonds is 6. The highest BCUT2D eigenvalue weighted by molar-refractivity contribution is 6.20. The summed E-state index contributed by atoms with van der Waals surface area (Å²) in [6.45, 7) is 0. The molecular weight excluding hydrogens is 461 g/mol. The lowest BCUT2D eigenvalue weighted by Crippen LogP contribution is -2.07. The van der Waals surface area contributed by atoms with Gasteiger partial charge in [-0.1, -0.05) is 42.5 Å². The zero-order valence-corrected chi connectivity index (χ0v) is 18.7. The van der Waals surface area contributed by atoms with Gasteiger partial charge in [0, 0.05) is 22.6 Å². The molecule has 0 spiro atoms. The molecule has 0 unspecified atom stereocenters. The molecule has 35 heavy (non-hydrogen) atoms. The number of hydrogen-bond donors (Lipinski definition) is 0. The van der Waals surface area contributed by atoms with Gasteiger partial charge < -0.3 is 13.9 Å². The monoisotopic (exact) mass is 480 g/mol. The molecule has 0 atom stereocenters. The highest BCUT2D eigenvalue weighted by atomic mass is 19.4. The third-order valence-corrected chi connectivity index (χ3v) is 5.35. The first-order valence-corrected chi connectivity index (χ1v) is 10.4. The number of methoxy groups -OCH3 is 2. The molecular formula is C27H19F3O5. The Kier molecular flexibility index (Phi) is 6.46. The Balaban J connectivity index is 1.94. The van der Waals surface area contributed by atoms with Crippen molar-refractivity contribution in [1.29, 1.82) is 0 Å². The van der Waals surface area contributed by atoms with E-state index in [0.29, 0.717) is 22.3 Å². The van der Waals surface area contributed by atoms with E-state index >= 15 is 0 Å². The van der Waals surface area contributed by atoms with Crippen LogP contribution in [0.1, 0.15) is 27.0 Å². The van der Waals surface area contributed by atoms with Crippen molar-refractivity contribution >= 4 is 28.8 Å². The molecule has 0 saturated carbocycles. The largest absolute Gasteiger partial charge is 0.493 e. The summed E-state index contributed by atoms with van der Waals surface area (Å²) in [6, 6.07) is 16.1. The Morgan fingerprint density at radius 3 is 2.23 bits per heavy atom. The van der Waals surface area contributed by atoms with Gasteiger partial charge >= 0.3 is 12.1 Å². The van der Waals surface area contributed by atoms with Gasteiger partial charge in [-0.2, -0.15) is 13.2 Å². The van der Waals surface area contributed by atoms with Crippen LogP contribution in [0.4, 0.5) is 13.2 Å². The first-order valence-electron chi connectivity index (χ1n) is 10.4. The lowest BCUT2D eigenvalue weighted by molar-refractivity contribution is -0.137. The first kappa shape index (κ1) is 23.8. The maximum atomic E-state index is 13.6. The summed E-state index contributed by atoms with van der Waals surface area (Å²) in [5.74, 6) is -0.525. The molecule has 0 aliphatic rings. The summed E-state index contributed by atoms with van der Waals surface area (Å²) in [4.78, 5) is 25.2. The second kappa shape index (κ2) is 9.50. The Hall–Kier alpha value is -4.33. The fourth-order valence-corrected chi connectivity index (χ4v) is 3.64. The second-order valence-electron chi connectivity index (χ2n) is 7.53. The number of carbonyl (C=O) groups excluding carboxylic acids is 2. The summed E-state index contributed by atoms with van der Waals surface area (Å²) in [7, 11) is 2.68. The number of benzene rings is 3. The molecule has 1 aromatic heterocycles. The van der Waals surface area contributed by atoms with Gasteiger partial charge in [0.1, 0.15) is 5.76 Å². The molecule has 0 radical (unpaired) electrons. The Bertz CT molecular complexity index is 1420. The van der Waals surface area contributed by atoms with Gasteiger partial charge in [0.05, 0.1) is 25.3 Å². The van der Waals surface area contributed by atoms with Crippen molar-refractivity contribution in [3.05, 3.63) is 95.1 Å². The molecule has 0 amide bonds. The van der Waals surface area contributed by atoms with Crippen LogP contribution >= 0.6 is 0 Å². The molecule has 8 heteroatoms. The maximum absolute atomic E-state index is 13.6. The van der Waals surface area contributed by atoms with Crippen LogP contribution < -0.4 is 4.74 Å². The van der Waals surface area contributed by atoms with Crippen LogP contribution in [0.2, 0.25) is 0 Å². The number of fused-ring (bicyclic) bond motifs is 1. The van der Waals surface area contributed by atoms with E-state index in [1.807, 2.05) is 0 Å². The Morgan fingerprint density at radius 1 is 0.943 bits per heavy atom. The molecule has 3 aromatic carbocycles. The van der Waals surface area contributed by atoms with E-state index in [0.717, 1.165) is 24.3 Å². The minimum atomic E-state index is -4.52. The quantitative estimate of drug-likeness (QED) is 0.178. The predicted octanol–water partition coefficient (Wildman–Crippen LogP) is 6.54. The summed E-state index contributed by atoms with van der Waals surface area (Å²) in [6.07, 6.45) is -1.81. The number of hydrogen-bond acceptors (Lipinski definition) is 5. The smallest absolute Gasteiger partial charge is 0.416 e. The molecule has 0 bridgehead atoms. The normalized spacial score (nSPS) is 11.7. The third kappa shape index (κ3) is 4.82. The van der Waals surface area contributed by atoms with Crippen molar-refractivity contribution in [3.8, 4) is 17.1 Å². The van der Waals surface area contributed by atoms with Crippen molar-refractivity contribution in [2.45, 2.75) is 6.18 Å². The summed E-state index contributed by atoms with van der Waals surface area (Å²) in [5, 5.41) is 0.387. The topological polar surface area (TPSA) is 65.7 Å². The number of ether oxygens (including phenoxy) is 2. The van der Waals surface area contributed by atoms with Crippen LogP contribution in [0.25, 0.3) is 28.4 Å². The molecule has 0 fully saturated rings. The van der Waals surface area contributed by atoms with Gasteiger partial charge in [0.2, 0.25) is 0 Å². The molecule has 1 heterocycles. The van der Waals surface area contributed by atoms with Crippen LogP contribution in [0.3, 0.4) is 0 Å². The Labute approximate surface area is 198 Å². The number of esters is 1. The molecule has 4 rings (SSSR count). The van der Waals surface area contributed by atoms with Crippen molar-refractivity contribution < 1.29 is 36.7 Å². The van der Waals surface area contributed by atoms with E-state index in [4.69, 9.17) is 9.15 Å². The Morgan fingerprint density at radius 2 is 1.63 bits per heavy atom. The summed E-state index contributed by atoms with van der Waals surface area (Å²) < 4.78 is 55.2. The minimum absolute atomic E-state index is 0.0624. The molecule has 0 aliphatic heterocycles. The predicted molar refractivity (Wildman–Crippen MR) is 124 cm³/mol. The number of alkyl halides is 3. The fraction of sp³-hybridized carbons (Fsp3) is 0.111. The van der Waals surface area contributed by atoms with Gasteiger partial charge in [-0.25, -0.2) is 4.79 Å². The fourth-order valence-electron chi connectivity index (χ4n) is 3.64. The first-order chi connectivity index (χ1) is 16.7. The minimum Gasteiger partial charge on any atom is -0.493 e. The van der Waals surface area contributed by atoms with Crippen LogP contribution in [-0.4, -0.2) is 26.0 Å². The number of halogens is 3. The highest BCUT2D eigenvalue weighted by Gasteiger charge is 2.31. The maximum Gasteiger partial charge on any atom is 0.416 e. The molecule has 0 aliphatic carbocycles. The van der Waals surface area contributed by atoms with Crippen molar-refractivity contribution in [2.24, 2.45) is 0 Å². The molecule has 0 N–H and O–H groups in total. The molecule has 4 aromatic rings. The van der Waals surface area contributed by atoms with Crippen molar-refractivity contribution in [2.75, 3.05) is 14.2 Å². The number of ketones is 1.